The van der Waals surface area contributed by atoms with Crippen LogP contribution in [0.25, 0.3) is 0 Å². The third-order valence-corrected chi connectivity index (χ3v) is 4.06. The molecule has 0 unspecified atom stereocenters. The van der Waals surface area contributed by atoms with Crippen molar-refractivity contribution in [3.05, 3.63) is 61.6 Å². The van der Waals surface area contributed by atoms with E-state index in [2.05, 4.69) is 15.9 Å². The van der Waals surface area contributed by atoms with Gasteiger partial charge in [-0.15, -0.1) is 0 Å². The lowest BCUT2D eigenvalue weighted by atomic mass is 10.1. The fraction of sp³-hybridized carbons (Fsp3) is 0.143. The number of nitro groups is 1. The summed E-state index contributed by atoms with van der Waals surface area (Å²) >= 11 is 3.38. The number of halogens is 3. The van der Waals surface area contributed by atoms with Gasteiger partial charge in [0.1, 0.15) is 11.6 Å². The Morgan fingerprint density at radius 2 is 1.71 bits per heavy atom. The molecule has 2 aromatic carbocycles. The highest BCUT2D eigenvalue weighted by Crippen LogP contribution is 2.36. The van der Waals surface area contributed by atoms with Gasteiger partial charge in [-0.1, -0.05) is 15.9 Å². The number of nitro benzene ring substituents is 1. The largest absolute Gasteiger partial charge is 0.450 e. The van der Waals surface area contributed by atoms with Crippen molar-refractivity contribution in [2.24, 2.45) is 0 Å². The molecule has 0 aliphatic carbocycles. The summed E-state index contributed by atoms with van der Waals surface area (Å²) in [6, 6.07) is 4.46. The number of ether oxygens (including phenoxy) is 1. The van der Waals surface area contributed by atoms with E-state index in [0.717, 1.165) is 21.7 Å². The first-order chi connectivity index (χ1) is 9.79. The summed E-state index contributed by atoms with van der Waals surface area (Å²) in [6.07, 6.45) is 0. The van der Waals surface area contributed by atoms with E-state index in [9.17, 15) is 18.9 Å². The molecule has 4 nitrogen and oxygen atoms in total. The molecule has 0 radical (unpaired) electrons. The van der Waals surface area contributed by atoms with E-state index in [1.165, 1.54) is 0 Å². The van der Waals surface area contributed by atoms with Crippen LogP contribution < -0.4 is 4.74 Å². The van der Waals surface area contributed by atoms with E-state index < -0.39 is 28.0 Å². The Bertz CT molecular complexity index is 711. The van der Waals surface area contributed by atoms with Crippen LogP contribution >= 0.6 is 15.9 Å². The first kappa shape index (κ1) is 15.4. The van der Waals surface area contributed by atoms with Crippen LogP contribution in [-0.4, -0.2) is 4.92 Å². The topological polar surface area (TPSA) is 52.4 Å². The number of aryl methyl sites for hydroxylation is 2. The molecule has 0 amide bonds. The van der Waals surface area contributed by atoms with Crippen molar-refractivity contribution in [1.29, 1.82) is 0 Å². The minimum absolute atomic E-state index is 0.265. The van der Waals surface area contributed by atoms with Crippen molar-refractivity contribution < 1.29 is 18.4 Å². The SMILES string of the molecule is Cc1cc(Oc2cc(F)cc(F)c2[N+](=O)[O-])cc(C)c1Br. The van der Waals surface area contributed by atoms with Gasteiger partial charge in [-0.25, -0.2) is 4.39 Å². The van der Waals surface area contributed by atoms with Crippen LogP contribution in [0.5, 0.6) is 11.5 Å². The molecule has 0 saturated heterocycles. The molecule has 0 aromatic heterocycles. The lowest BCUT2D eigenvalue weighted by Gasteiger charge is -2.10. The minimum atomic E-state index is -1.28. The van der Waals surface area contributed by atoms with Crippen LogP contribution in [0.15, 0.2) is 28.7 Å². The van der Waals surface area contributed by atoms with E-state index in [1.54, 1.807) is 12.1 Å². The molecule has 0 spiro atoms. The molecular formula is C14H10BrF2NO3. The van der Waals surface area contributed by atoms with Gasteiger partial charge in [-0.3, -0.25) is 10.1 Å². The van der Waals surface area contributed by atoms with Gasteiger partial charge in [0.25, 0.3) is 0 Å². The zero-order valence-corrected chi connectivity index (χ0v) is 12.7. The van der Waals surface area contributed by atoms with Crippen LogP contribution in [0, 0.1) is 35.6 Å². The number of hydrogen-bond acceptors (Lipinski definition) is 3. The molecule has 0 atom stereocenters. The van der Waals surface area contributed by atoms with Crippen molar-refractivity contribution in [3.63, 3.8) is 0 Å². The summed E-state index contributed by atoms with van der Waals surface area (Å²) < 4.78 is 32.9. The van der Waals surface area contributed by atoms with Gasteiger partial charge < -0.3 is 4.74 Å². The van der Waals surface area contributed by atoms with Crippen molar-refractivity contribution in [2.45, 2.75) is 13.8 Å². The summed E-state index contributed by atoms with van der Waals surface area (Å²) in [5.74, 6) is -2.43. The average Bonchev–Trinajstić information content (AvgIpc) is 2.34. The van der Waals surface area contributed by atoms with Crippen LogP contribution in [0.3, 0.4) is 0 Å². The Balaban J connectivity index is 2.51. The molecule has 21 heavy (non-hydrogen) atoms. The second-order valence-electron chi connectivity index (χ2n) is 4.46. The van der Waals surface area contributed by atoms with E-state index in [4.69, 9.17) is 4.74 Å². The first-order valence-electron chi connectivity index (χ1n) is 5.87. The predicted octanol–water partition coefficient (Wildman–Crippen LogP) is 5.04. The Morgan fingerprint density at radius 1 is 1.14 bits per heavy atom. The fourth-order valence-electron chi connectivity index (χ4n) is 1.89. The number of hydrogen-bond donors (Lipinski definition) is 0. The van der Waals surface area contributed by atoms with Gasteiger partial charge >= 0.3 is 5.69 Å². The molecule has 0 saturated carbocycles. The zero-order valence-electron chi connectivity index (χ0n) is 11.1. The Hall–Kier alpha value is -2.02. The Kier molecular flexibility index (Phi) is 4.22. The van der Waals surface area contributed by atoms with E-state index in [-0.39, 0.29) is 5.75 Å². The molecule has 0 heterocycles. The highest BCUT2D eigenvalue weighted by Gasteiger charge is 2.24. The van der Waals surface area contributed by atoms with Crippen LogP contribution in [0.2, 0.25) is 0 Å². The highest BCUT2D eigenvalue weighted by atomic mass is 79.9. The molecule has 0 fully saturated rings. The maximum atomic E-state index is 13.5. The van der Waals surface area contributed by atoms with Crippen molar-refractivity contribution in [2.75, 3.05) is 0 Å². The van der Waals surface area contributed by atoms with Crippen LogP contribution in [-0.2, 0) is 0 Å². The van der Waals surface area contributed by atoms with Crippen molar-refractivity contribution in [1.82, 2.24) is 0 Å². The summed E-state index contributed by atoms with van der Waals surface area (Å²) in [6.45, 7) is 3.62. The van der Waals surface area contributed by atoms with Gasteiger partial charge in [-0.05, 0) is 37.1 Å². The summed E-state index contributed by atoms with van der Waals surface area (Å²) in [5.41, 5.74) is 0.781. The van der Waals surface area contributed by atoms with Gasteiger partial charge in [0.05, 0.1) is 4.92 Å². The first-order valence-corrected chi connectivity index (χ1v) is 6.67. The molecule has 0 N–H and O–H groups in total. The zero-order chi connectivity index (χ0) is 15.7. The lowest BCUT2D eigenvalue weighted by Crippen LogP contribution is -1.98. The van der Waals surface area contributed by atoms with Crippen LogP contribution in [0.1, 0.15) is 11.1 Å². The second kappa shape index (κ2) is 5.77. The maximum absolute atomic E-state index is 13.5. The maximum Gasteiger partial charge on any atom is 0.347 e. The minimum Gasteiger partial charge on any atom is -0.450 e. The van der Waals surface area contributed by atoms with Crippen LogP contribution in [0.4, 0.5) is 14.5 Å². The Labute approximate surface area is 127 Å². The molecule has 2 aromatic rings. The normalized spacial score (nSPS) is 10.5. The average molecular weight is 358 g/mol. The Morgan fingerprint density at radius 3 is 2.24 bits per heavy atom. The third-order valence-electron chi connectivity index (χ3n) is 2.81. The molecule has 0 bridgehead atoms. The molecular weight excluding hydrogens is 348 g/mol. The smallest absolute Gasteiger partial charge is 0.347 e. The van der Waals surface area contributed by atoms with Gasteiger partial charge in [0, 0.05) is 16.6 Å². The molecule has 0 aliphatic rings. The van der Waals surface area contributed by atoms with Crippen molar-refractivity contribution >= 4 is 21.6 Å². The third kappa shape index (κ3) is 3.18. The van der Waals surface area contributed by atoms with E-state index in [1.807, 2.05) is 13.8 Å². The summed E-state index contributed by atoms with van der Waals surface area (Å²) in [7, 11) is 0. The summed E-state index contributed by atoms with van der Waals surface area (Å²) in [4.78, 5) is 9.95. The molecule has 0 aliphatic heterocycles. The number of rotatable bonds is 3. The molecule has 7 heteroatoms. The standard InChI is InChI=1S/C14H10BrF2NO3/c1-7-3-10(4-8(2)13(7)15)21-12-6-9(16)5-11(17)14(12)18(19)20/h3-6H,1-2H3. The van der Waals surface area contributed by atoms with Crippen molar-refractivity contribution in [3.8, 4) is 11.5 Å². The highest BCUT2D eigenvalue weighted by molar-refractivity contribution is 9.10. The number of nitrogens with zero attached hydrogens (tertiary/aromatic N) is 1. The van der Waals surface area contributed by atoms with E-state index >= 15 is 0 Å². The predicted molar refractivity (Wildman–Crippen MR) is 76.7 cm³/mol. The lowest BCUT2D eigenvalue weighted by molar-refractivity contribution is -0.388. The van der Waals surface area contributed by atoms with E-state index in [0.29, 0.717) is 6.07 Å². The summed E-state index contributed by atoms with van der Waals surface area (Å²) in [5, 5.41) is 10.9. The monoisotopic (exact) mass is 357 g/mol. The second-order valence-corrected chi connectivity index (χ2v) is 5.26. The van der Waals surface area contributed by atoms with Gasteiger partial charge in [0.15, 0.2) is 0 Å². The number of benzene rings is 2. The van der Waals surface area contributed by atoms with Gasteiger partial charge in [0.2, 0.25) is 11.6 Å². The molecule has 2 rings (SSSR count). The van der Waals surface area contributed by atoms with Gasteiger partial charge in [-0.2, -0.15) is 4.39 Å². The quantitative estimate of drug-likeness (QED) is 0.570. The fourth-order valence-corrected chi connectivity index (χ4v) is 2.12. The molecule has 110 valence electrons.